The van der Waals surface area contributed by atoms with Gasteiger partial charge in [0, 0.05) is 5.56 Å². The number of H-pyrrole nitrogens is 1. The Morgan fingerprint density at radius 2 is 1.61 bits per heavy atom. The predicted octanol–water partition coefficient (Wildman–Crippen LogP) is 2.94. The molecule has 0 bridgehead atoms. The molecule has 0 aliphatic heterocycles. The third-order valence-corrected chi connectivity index (χ3v) is 4.29. The number of aromatic nitrogens is 3. The third kappa shape index (κ3) is 3.86. The van der Waals surface area contributed by atoms with Crippen LogP contribution in [0.1, 0.15) is 24.4 Å². The molecule has 28 heavy (non-hydrogen) atoms. The van der Waals surface area contributed by atoms with Crippen molar-refractivity contribution in [2.45, 2.75) is 13.0 Å². The number of ether oxygens (including phenoxy) is 4. The van der Waals surface area contributed by atoms with Crippen LogP contribution in [0, 0.1) is 0 Å². The lowest BCUT2D eigenvalue weighted by Crippen LogP contribution is -2.14. The van der Waals surface area contributed by atoms with Crippen molar-refractivity contribution in [1.82, 2.24) is 15.2 Å². The minimum atomic E-state index is -0.494. The first-order chi connectivity index (χ1) is 13.6. The maximum absolute atomic E-state index is 6.38. The summed E-state index contributed by atoms with van der Waals surface area (Å²) in [5, 5.41) is 7.20. The van der Waals surface area contributed by atoms with Gasteiger partial charge in [0.1, 0.15) is 5.82 Å². The summed E-state index contributed by atoms with van der Waals surface area (Å²) in [7, 11) is 4.77. The molecule has 0 saturated carbocycles. The van der Waals surface area contributed by atoms with E-state index in [-0.39, 0.29) is 0 Å². The Morgan fingerprint density at radius 3 is 2.29 bits per heavy atom. The third-order valence-electron chi connectivity index (χ3n) is 4.29. The minimum Gasteiger partial charge on any atom is -0.493 e. The van der Waals surface area contributed by atoms with Gasteiger partial charge in [0.05, 0.1) is 34.0 Å². The Labute approximate surface area is 163 Å². The molecule has 1 heterocycles. The van der Waals surface area contributed by atoms with E-state index in [0.717, 1.165) is 11.1 Å². The highest BCUT2D eigenvalue weighted by molar-refractivity contribution is 5.61. The average molecular weight is 384 g/mol. The Hall–Kier alpha value is -3.26. The van der Waals surface area contributed by atoms with E-state index in [1.165, 1.54) is 0 Å². The second kappa shape index (κ2) is 8.62. The lowest BCUT2D eigenvalue weighted by atomic mass is 10.1. The highest BCUT2D eigenvalue weighted by Crippen LogP contribution is 2.33. The Morgan fingerprint density at radius 1 is 0.929 bits per heavy atom. The number of hydrogen-bond donors (Lipinski definition) is 2. The molecule has 0 spiro atoms. The van der Waals surface area contributed by atoms with Crippen molar-refractivity contribution in [2.24, 2.45) is 5.73 Å². The van der Waals surface area contributed by atoms with Gasteiger partial charge in [-0.15, -0.1) is 0 Å². The van der Waals surface area contributed by atoms with Gasteiger partial charge in [0.15, 0.2) is 28.8 Å². The van der Waals surface area contributed by atoms with Gasteiger partial charge in [-0.25, -0.2) is 4.98 Å². The molecule has 0 unspecified atom stereocenters. The van der Waals surface area contributed by atoms with Crippen LogP contribution in [-0.2, 0) is 0 Å². The van der Waals surface area contributed by atoms with Crippen molar-refractivity contribution in [2.75, 3.05) is 27.9 Å². The van der Waals surface area contributed by atoms with E-state index in [0.29, 0.717) is 41.3 Å². The molecule has 3 aromatic rings. The number of aromatic amines is 1. The van der Waals surface area contributed by atoms with Gasteiger partial charge in [-0.3, -0.25) is 5.10 Å². The van der Waals surface area contributed by atoms with Gasteiger partial charge in [-0.1, -0.05) is 6.07 Å². The number of methoxy groups -OCH3 is 3. The number of nitrogens with two attached hydrogens (primary N) is 1. The summed E-state index contributed by atoms with van der Waals surface area (Å²) >= 11 is 0. The molecule has 0 amide bonds. The first-order valence-electron chi connectivity index (χ1n) is 8.82. The van der Waals surface area contributed by atoms with Gasteiger partial charge in [0.2, 0.25) is 0 Å². The molecule has 0 fully saturated rings. The summed E-state index contributed by atoms with van der Waals surface area (Å²) in [6, 6.07) is 10.6. The maximum atomic E-state index is 6.38. The van der Waals surface area contributed by atoms with Gasteiger partial charge >= 0.3 is 0 Å². The van der Waals surface area contributed by atoms with Crippen LogP contribution in [0.4, 0.5) is 0 Å². The van der Waals surface area contributed by atoms with E-state index in [4.69, 9.17) is 24.7 Å². The normalized spacial score (nSPS) is 11.8. The van der Waals surface area contributed by atoms with Crippen molar-refractivity contribution in [1.29, 1.82) is 0 Å². The summed E-state index contributed by atoms with van der Waals surface area (Å²) in [5.74, 6) is 3.59. The predicted molar refractivity (Wildman–Crippen MR) is 105 cm³/mol. The zero-order valence-electron chi connectivity index (χ0n) is 16.4. The molecule has 0 saturated heterocycles. The minimum absolute atomic E-state index is 0.494. The summed E-state index contributed by atoms with van der Waals surface area (Å²) in [6.07, 6.45) is 0. The van der Waals surface area contributed by atoms with E-state index in [2.05, 4.69) is 15.2 Å². The van der Waals surface area contributed by atoms with Gasteiger partial charge in [0.25, 0.3) is 0 Å². The first-order valence-corrected chi connectivity index (χ1v) is 8.82. The Kier molecular flexibility index (Phi) is 6.00. The zero-order chi connectivity index (χ0) is 20.1. The molecule has 3 N–H and O–H groups in total. The molecule has 0 aliphatic carbocycles. The van der Waals surface area contributed by atoms with Crippen molar-refractivity contribution in [3.8, 4) is 34.4 Å². The molecule has 1 aromatic heterocycles. The second-order valence-electron chi connectivity index (χ2n) is 5.94. The summed E-state index contributed by atoms with van der Waals surface area (Å²) < 4.78 is 21.5. The second-order valence-corrected chi connectivity index (χ2v) is 5.94. The van der Waals surface area contributed by atoms with Crippen LogP contribution in [0.3, 0.4) is 0 Å². The quantitative estimate of drug-likeness (QED) is 0.615. The first kappa shape index (κ1) is 19.5. The summed E-state index contributed by atoms with van der Waals surface area (Å²) in [4.78, 5) is 4.54. The smallest absolute Gasteiger partial charge is 0.181 e. The van der Waals surface area contributed by atoms with Crippen molar-refractivity contribution >= 4 is 0 Å². The standard InChI is InChI=1S/C20H24N4O4/c1-5-28-15-9-6-12(10-17(15)27-4)18(21)20-22-19(23-24-20)13-7-8-14(25-2)16(11-13)26-3/h6-11,18H,5,21H2,1-4H3,(H,22,23,24)/t18-/m1/s1. The molecule has 0 radical (unpaired) electrons. The van der Waals surface area contributed by atoms with E-state index in [9.17, 15) is 0 Å². The maximum Gasteiger partial charge on any atom is 0.181 e. The van der Waals surface area contributed by atoms with Crippen LogP contribution >= 0.6 is 0 Å². The monoisotopic (exact) mass is 384 g/mol. The molecular formula is C20H24N4O4. The Balaban J connectivity index is 1.87. The average Bonchev–Trinajstić information content (AvgIpc) is 3.23. The topological polar surface area (TPSA) is 105 Å². The fourth-order valence-electron chi connectivity index (χ4n) is 2.83. The fourth-order valence-corrected chi connectivity index (χ4v) is 2.83. The SMILES string of the molecule is CCOc1ccc([C@@H](N)c2nc(-c3ccc(OC)c(OC)c3)n[nH]2)cc1OC. The van der Waals surface area contributed by atoms with Gasteiger partial charge < -0.3 is 24.7 Å². The lowest BCUT2D eigenvalue weighted by molar-refractivity contribution is 0.310. The molecule has 148 valence electrons. The summed E-state index contributed by atoms with van der Waals surface area (Å²) in [5.41, 5.74) is 8.00. The molecule has 8 nitrogen and oxygen atoms in total. The fraction of sp³-hybridized carbons (Fsp3) is 0.300. The number of rotatable bonds is 8. The van der Waals surface area contributed by atoms with Crippen molar-refractivity contribution in [3.63, 3.8) is 0 Å². The van der Waals surface area contributed by atoms with Gasteiger partial charge in [-0.05, 0) is 42.8 Å². The molecular weight excluding hydrogens is 360 g/mol. The van der Waals surface area contributed by atoms with E-state index in [1.807, 2.05) is 37.3 Å². The number of nitrogens with one attached hydrogen (secondary N) is 1. The van der Waals surface area contributed by atoms with E-state index < -0.39 is 6.04 Å². The zero-order valence-corrected chi connectivity index (χ0v) is 16.4. The summed E-state index contributed by atoms with van der Waals surface area (Å²) in [6.45, 7) is 2.47. The van der Waals surface area contributed by atoms with Crippen LogP contribution < -0.4 is 24.7 Å². The van der Waals surface area contributed by atoms with Crippen molar-refractivity contribution < 1.29 is 18.9 Å². The van der Waals surface area contributed by atoms with Crippen molar-refractivity contribution in [3.05, 3.63) is 47.8 Å². The van der Waals surface area contributed by atoms with Crippen LogP contribution in [0.2, 0.25) is 0 Å². The number of benzene rings is 2. The lowest BCUT2D eigenvalue weighted by Gasteiger charge is -2.13. The molecule has 2 aromatic carbocycles. The van der Waals surface area contributed by atoms with Gasteiger partial charge in [-0.2, -0.15) is 5.10 Å². The van der Waals surface area contributed by atoms with Crippen LogP contribution in [0.25, 0.3) is 11.4 Å². The Bertz CT molecular complexity index is 942. The molecule has 8 heteroatoms. The van der Waals surface area contributed by atoms with E-state index >= 15 is 0 Å². The number of hydrogen-bond acceptors (Lipinski definition) is 7. The highest BCUT2D eigenvalue weighted by Gasteiger charge is 2.18. The van der Waals surface area contributed by atoms with E-state index in [1.54, 1.807) is 27.4 Å². The molecule has 3 rings (SSSR count). The molecule has 1 atom stereocenters. The largest absolute Gasteiger partial charge is 0.493 e. The molecule has 0 aliphatic rings. The highest BCUT2D eigenvalue weighted by atomic mass is 16.5. The van der Waals surface area contributed by atoms with Crippen LogP contribution in [0.5, 0.6) is 23.0 Å². The van der Waals surface area contributed by atoms with Crippen LogP contribution in [-0.4, -0.2) is 43.1 Å². The van der Waals surface area contributed by atoms with Crippen LogP contribution in [0.15, 0.2) is 36.4 Å². The number of nitrogens with zero attached hydrogens (tertiary/aromatic N) is 2.